The van der Waals surface area contributed by atoms with Gasteiger partial charge in [0, 0.05) is 26.1 Å². The van der Waals surface area contributed by atoms with Gasteiger partial charge in [-0.15, -0.1) is 0 Å². The van der Waals surface area contributed by atoms with Gasteiger partial charge >= 0.3 is 0 Å². The first-order chi connectivity index (χ1) is 11.8. The van der Waals surface area contributed by atoms with Gasteiger partial charge in [-0.2, -0.15) is 5.10 Å². The highest BCUT2D eigenvalue weighted by Gasteiger charge is 2.19. The number of hydrogen-bond donors (Lipinski definition) is 2. The first-order valence-corrected chi connectivity index (χ1v) is 8.70. The van der Waals surface area contributed by atoms with E-state index >= 15 is 0 Å². The average Bonchev–Trinajstić information content (AvgIpc) is 3.02. The lowest BCUT2D eigenvalue weighted by molar-refractivity contribution is 0.539. The molecular formula is C18H26N6. The minimum Gasteiger partial charge on any atom is -0.357 e. The zero-order valence-corrected chi connectivity index (χ0v) is 14.5. The van der Waals surface area contributed by atoms with Crippen LogP contribution in [0.3, 0.4) is 0 Å². The number of nitrogens with zero attached hydrogens (tertiary/aromatic N) is 4. The van der Waals surface area contributed by atoms with Crippen LogP contribution < -0.4 is 10.6 Å². The van der Waals surface area contributed by atoms with Crippen molar-refractivity contribution in [2.24, 2.45) is 12.0 Å². The van der Waals surface area contributed by atoms with Crippen molar-refractivity contribution in [1.82, 2.24) is 25.4 Å². The van der Waals surface area contributed by atoms with Crippen LogP contribution in [-0.2, 0) is 20.0 Å². The molecule has 1 aromatic heterocycles. The van der Waals surface area contributed by atoms with Gasteiger partial charge in [0.05, 0.1) is 0 Å². The summed E-state index contributed by atoms with van der Waals surface area (Å²) in [5.74, 6) is 2.24. The molecule has 128 valence electrons. The number of benzene rings is 1. The van der Waals surface area contributed by atoms with Gasteiger partial charge in [0.2, 0.25) is 0 Å². The van der Waals surface area contributed by atoms with E-state index in [1.165, 1.54) is 30.4 Å². The summed E-state index contributed by atoms with van der Waals surface area (Å²) >= 11 is 0. The summed E-state index contributed by atoms with van der Waals surface area (Å²) in [6.45, 7) is 4.34. The third kappa shape index (κ3) is 3.93. The van der Waals surface area contributed by atoms with Gasteiger partial charge in [0.15, 0.2) is 5.96 Å². The molecule has 0 saturated carbocycles. The molecule has 1 aliphatic rings. The van der Waals surface area contributed by atoms with Crippen LogP contribution in [0.1, 0.15) is 42.6 Å². The van der Waals surface area contributed by atoms with Crippen LogP contribution in [0, 0.1) is 0 Å². The summed E-state index contributed by atoms with van der Waals surface area (Å²) in [4.78, 5) is 8.85. The van der Waals surface area contributed by atoms with Crippen LogP contribution in [0.25, 0.3) is 0 Å². The second-order valence-corrected chi connectivity index (χ2v) is 6.16. The Bertz CT molecular complexity index is 690. The number of aliphatic imine (C=N–C) groups is 1. The van der Waals surface area contributed by atoms with Crippen molar-refractivity contribution < 1.29 is 0 Å². The van der Waals surface area contributed by atoms with E-state index < -0.39 is 0 Å². The highest BCUT2D eigenvalue weighted by molar-refractivity contribution is 5.79. The number of hydrogen-bond acceptors (Lipinski definition) is 3. The lowest BCUT2D eigenvalue weighted by Gasteiger charge is -2.26. The van der Waals surface area contributed by atoms with Gasteiger partial charge in [-0.3, -0.25) is 4.68 Å². The van der Waals surface area contributed by atoms with Gasteiger partial charge in [-0.25, -0.2) is 9.98 Å². The molecule has 1 atom stereocenters. The van der Waals surface area contributed by atoms with E-state index in [0.29, 0.717) is 12.5 Å². The monoisotopic (exact) mass is 326 g/mol. The number of aromatic nitrogens is 3. The molecule has 6 nitrogen and oxygen atoms in total. The van der Waals surface area contributed by atoms with Gasteiger partial charge in [-0.1, -0.05) is 24.3 Å². The van der Waals surface area contributed by atoms with E-state index in [0.717, 1.165) is 24.9 Å². The van der Waals surface area contributed by atoms with Gasteiger partial charge in [0.1, 0.15) is 18.7 Å². The topological polar surface area (TPSA) is 67.1 Å². The maximum absolute atomic E-state index is 4.63. The smallest absolute Gasteiger partial charge is 0.191 e. The molecule has 24 heavy (non-hydrogen) atoms. The summed E-state index contributed by atoms with van der Waals surface area (Å²) < 4.78 is 1.75. The molecule has 0 saturated heterocycles. The van der Waals surface area contributed by atoms with Crippen LogP contribution >= 0.6 is 0 Å². The zero-order valence-electron chi connectivity index (χ0n) is 14.5. The van der Waals surface area contributed by atoms with Crippen molar-refractivity contribution in [3.8, 4) is 0 Å². The number of nitrogens with one attached hydrogen (secondary N) is 2. The molecular weight excluding hydrogens is 300 g/mol. The molecule has 1 unspecified atom stereocenters. The maximum Gasteiger partial charge on any atom is 0.191 e. The summed E-state index contributed by atoms with van der Waals surface area (Å²) in [5.41, 5.74) is 2.98. The number of fused-ring (bicyclic) bond motifs is 1. The molecule has 0 radical (unpaired) electrons. The predicted octanol–water partition coefficient (Wildman–Crippen LogP) is 1.99. The van der Waals surface area contributed by atoms with Crippen LogP contribution in [0.4, 0.5) is 0 Å². The van der Waals surface area contributed by atoms with Crippen LogP contribution in [-0.4, -0.2) is 33.8 Å². The van der Waals surface area contributed by atoms with Gasteiger partial charge < -0.3 is 10.6 Å². The first kappa shape index (κ1) is 16.5. The molecule has 3 rings (SSSR count). The van der Waals surface area contributed by atoms with Crippen molar-refractivity contribution >= 4 is 5.96 Å². The molecule has 2 N–H and O–H groups in total. The number of rotatable bonds is 5. The molecule has 2 aromatic rings. The fourth-order valence-electron chi connectivity index (χ4n) is 3.24. The Morgan fingerprint density at radius 2 is 2.21 bits per heavy atom. The normalized spacial score (nSPS) is 17.4. The van der Waals surface area contributed by atoms with E-state index in [9.17, 15) is 0 Å². The van der Waals surface area contributed by atoms with Crippen LogP contribution in [0.2, 0.25) is 0 Å². The highest BCUT2D eigenvalue weighted by atomic mass is 15.3. The van der Waals surface area contributed by atoms with Crippen molar-refractivity contribution in [1.29, 1.82) is 0 Å². The lowest BCUT2D eigenvalue weighted by atomic mass is 9.83. The predicted molar refractivity (Wildman–Crippen MR) is 95.9 cm³/mol. The number of guanidine groups is 1. The van der Waals surface area contributed by atoms with Crippen molar-refractivity contribution in [3.05, 3.63) is 47.5 Å². The zero-order chi connectivity index (χ0) is 16.8. The third-order valence-corrected chi connectivity index (χ3v) is 4.54. The van der Waals surface area contributed by atoms with Crippen LogP contribution in [0.5, 0.6) is 0 Å². The highest BCUT2D eigenvalue weighted by Crippen LogP contribution is 2.30. The SMILES string of the molecule is CCNC(=NCc1ncnn1C)NCC1CCCc2ccccc21. The Morgan fingerprint density at radius 3 is 3.00 bits per heavy atom. The molecule has 0 amide bonds. The fourth-order valence-corrected chi connectivity index (χ4v) is 3.24. The Hall–Kier alpha value is -2.37. The molecule has 1 aromatic carbocycles. The minimum absolute atomic E-state index is 0.521. The van der Waals surface area contributed by atoms with E-state index in [-0.39, 0.29) is 0 Å². The minimum atomic E-state index is 0.521. The second-order valence-electron chi connectivity index (χ2n) is 6.16. The maximum atomic E-state index is 4.63. The molecule has 1 heterocycles. The largest absolute Gasteiger partial charge is 0.357 e. The van der Waals surface area contributed by atoms with E-state index in [2.05, 4.69) is 56.9 Å². The van der Waals surface area contributed by atoms with Crippen LogP contribution in [0.15, 0.2) is 35.6 Å². The molecule has 1 aliphatic carbocycles. The van der Waals surface area contributed by atoms with E-state index in [1.807, 2.05) is 7.05 Å². The molecule has 6 heteroatoms. The van der Waals surface area contributed by atoms with Gasteiger partial charge in [-0.05, 0) is 37.3 Å². The Labute approximate surface area is 143 Å². The summed E-state index contributed by atoms with van der Waals surface area (Å²) in [7, 11) is 1.89. The summed E-state index contributed by atoms with van der Waals surface area (Å²) in [5, 5.41) is 10.9. The van der Waals surface area contributed by atoms with Gasteiger partial charge in [0.25, 0.3) is 0 Å². The third-order valence-electron chi connectivity index (χ3n) is 4.54. The fraction of sp³-hybridized carbons (Fsp3) is 0.500. The first-order valence-electron chi connectivity index (χ1n) is 8.70. The van der Waals surface area contributed by atoms with Crippen molar-refractivity contribution in [2.45, 2.75) is 38.6 Å². The molecule has 0 fully saturated rings. The summed E-state index contributed by atoms with van der Waals surface area (Å²) in [6, 6.07) is 8.81. The van der Waals surface area contributed by atoms with Crippen molar-refractivity contribution in [3.63, 3.8) is 0 Å². The Morgan fingerprint density at radius 1 is 1.33 bits per heavy atom. The Balaban J connectivity index is 1.63. The standard InChI is InChI=1S/C18H26N6/c1-3-19-18(21-12-17-22-13-23-24(17)2)20-11-15-9-6-8-14-7-4-5-10-16(14)15/h4-5,7,10,13,15H,3,6,8-9,11-12H2,1-2H3,(H2,19,20,21). The average molecular weight is 326 g/mol. The summed E-state index contributed by atoms with van der Waals surface area (Å²) in [6.07, 6.45) is 5.25. The second kappa shape index (κ2) is 7.95. The number of aryl methyl sites for hydroxylation is 2. The Kier molecular flexibility index (Phi) is 5.46. The van der Waals surface area contributed by atoms with E-state index in [1.54, 1.807) is 11.0 Å². The molecule has 0 spiro atoms. The lowest BCUT2D eigenvalue weighted by Crippen LogP contribution is -2.39. The van der Waals surface area contributed by atoms with E-state index in [4.69, 9.17) is 0 Å². The molecule has 0 aliphatic heterocycles. The molecule has 0 bridgehead atoms. The van der Waals surface area contributed by atoms with Crippen molar-refractivity contribution in [2.75, 3.05) is 13.1 Å². The quantitative estimate of drug-likeness (QED) is 0.651.